The molecule has 6 nitrogen and oxygen atoms in total. The normalized spacial score (nSPS) is 11.7. The zero-order chi connectivity index (χ0) is 18.6. The van der Waals surface area contributed by atoms with Gasteiger partial charge in [0.05, 0.1) is 16.7 Å². The van der Waals surface area contributed by atoms with E-state index in [4.69, 9.17) is 22.6 Å². The molecule has 25 heavy (non-hydrogen) atoms. The molecule has 2 rings (SSSR count). The van der Waals surface area contributed by atoms with Crippen molar-refractivity contribution in [2.24, 2.45) is 5.73 Å². The van der Waals surface area contributed by atoms with Crippen LogP contribution in [0.1, 0.15) is 6.92 Å². The molecule has 0 aliphatic carbocycles. The van der Waals surface area contributed by atoms with E-state index < -0.39 is 5.78 Å². The highest BCUT2D eigenvalue weighted by atomic mass is 35.5. The number of thioether (sulfide) groups is 1. The van der Waals surface area contributed by atoms with E-state index in [9.17, 15) is 9.59 Å². The highest BCUT2D eigenvalue weighted by molar-refractivity contribution is 7.99. The predicted molar refractivity (Wildman–Crippen MR) is 99.4 cm³/mol. The Morgan fingerprint density at radius 1 is 1.56 bits per heavy atom. The van der Waals surface area contributed by atoms with Gasteiger partial charge in [-0.2, -0.15) is 5.26 Å². The molecular formula is C17H15ClN4O2S. The summed E-state index contributed by atoms with van der Waals surface area (Å²) in [6.45, 7) is 5.37. The highest BCUT2D eigenvalue weighted by Crippen LogP contribution is 2.21. The second-order valence-corrected chi connectivity index (χ2v) is 6.52. The largest absolute Gasteiger partial charge is 0.401 e. The number of halogens is 1. The lowest BCUT2D eigenvalue weighted by Gasteiger charge is -2.11. The van der Waals surface area contributed by atoms with Crippen LogP contribution in [0, 0.1) is 11.3 Å². The number of nitriles is 1. The van der Waals surface area contributed by atoms with Crippen molar-refractivity contribution >= 4 is 40.0 Å². The lowest BCUT2D eigenvalue weighted by atomic mass is 10.2. The average molecular weight is 375 g/mol. The van der Waals surface area contributed by atoms with Gasteiger partial charge in [0.25, 0.3) is 5.56 Å². The maximum atomic E-state index is 12.7. The zero-order valence-electron chi connectivity index (χ0n) is 13.5. The van der Waals surface area contributed by atoms with Crippen molar-refractivity contribution in [2.75, 3.05) is 5.75 Å². The first-order valence-electron chi connectivity index (χ1n) is 7.22. The van der Waals surface area contributed by atoms with Gasteiger partial charge in [-0.3, -0.25) is 14.2 Å². The third kappa shape index (κ3) is 4.10. The summed E-state index contributed by atoms with van der Waals surface area (Å²) in [6, 6.07) is 6.64. The van der Waals surface area contributed by atoms with E-state index >= 15 is 0 Å². The minimum absolute atomic E-state index is 0.0554. The molecule has 1 aromatic heterocycles. The highest BCUT2D eigenvalue weighted by Gasteiger charge is 2.16. The quantitative estimate of drug-likeness (QED) is 0.274. The van der Waals surface area contributed by atoms with Crippen LogP contribution in [-0.2, 0) is 11.3 Å². The Labute approximate surface area is 153 Å². The number of Topliss-reactive ketones (excluding diaryl/α,β-unsaturated/α-hetero) is 1. The molecule has 0 amide bonds. The number of nitrogens with two attached hydrogens (primary N) is 1. The number of nitrogens with zero attached hydrogens (tertiary/aromatic N) is 3. The predicted octanol–water partition coefficient (Wildman–Crippen LogP) is 2.65. The summed E-state index contributed by atoms with van der Waals surface area (Å²) in [7, 11) is 0. The number of hydrogen-bond donors (Lipinski definition) is 1. The summed E-state index contributed by atoms with van der Waals surface area (Å²) >= 11 is 7.02. The number of carbonyl (C=O) groups is 1. The minimum atomic E-state index is -0.414. The first kappa shape index (κ1) is 18.8. The molecule has 0 aliphatic rings. The fourth-order valence-electron chi connectivity index (χ4n) is 2.15. The molecule has 0 unspecified atom stereocenters. The molecular weight excluding hydrogens is 360 g/mol. The third-order valence-electron chi connectivity index (χ3n) is 3.31. The van der Waals surface area contributed by atoms with Gasteiger partial charge >= 0.3 is 0 Å². The molecule has 0 aliphatic heterocycles. The number of allylic oxidation sites excluding steroid dienone is 3. The maximum Gasteiger partial charge on any atom is 0.262 e. The molecule has 0 saturated heterocycles. The number of aromatic nitrogens is 2. The summed E-state index contributed by atoms with van der Waals surface area (Å²) in [5, 5.41) is 10.2. The van der Waals surface area contributed by atoms with E-state index in [-0.39, 0.29) is 29.1 Å². The molecule has 8 heteroatoms. The third-order valence-corrected chi connectivity index (χ3v) is 4.52. The van der Waals surface area contributed by atoms with Crippen molar-refractivity contribution in [2.45, 2.75) is 18.6 Å². The van der Waals surface area contributed by atoms with Gasteiger partial charge in [-0.1, -0.05) is 29.4 Å². The van der Waals surface area contributed by atoms with Crippen molar-refractivity contribution in [3.8, 4) is 6.07 Å². The Morgan fingerprint density at radius 2 is 2.28 bits per heavy atom. The SMILES string of the molecule is C=CCn1c(SCC(=O)C(C#N)=C(C)N)nc2ccc(Cl)cc2c1=O. The van der Waals surface area contributed by atoms with Crippen molar-refractivity contribution in [3.63, 3.8) is 0 Å². The molecule has 0 atom stereocenters. The van der Waals surface area contributed by atoms with Crippen LogP contribution in [0.4, 0.5) is 0 Å². The van der Waals surface area contributed by atoms with Gasteiger partial charge < -0.3 is 5.73 Å². The number of carbonyl (C=O) groups excluding carboxylic acids is 1. The molecule has 128 valence electrons. The number of fused-ring (bicyclic) bond motifs is 1. The number of benzene rings is 1. The smallest absolute Gasteiger partial charge is 0.262 e. The van der Waals surface area contributed by atoms with Gasteiger partial charge in [0.15, 0.2) is 10.9 Å². The van der Waals surface area contributed by atoms with Crippen LogP contribution < -0.4 is 11.3 Å². The summed E-state index contributed by atoms with van der Waals surface area (Å²) in [5.74, 6) is -0.469. The van der Waals surface area contributed by atoms with Crippen molar-refractivity contribution in [3.05, 3.63) is 57.5 Å². The van der Waals surface area contributed by atoms with Gasteiger partial charge in [0.2, 0.25) is 0 Å². The van der Waals surface area contributed by atoms with Crippen LogP contribution in [0.2, 0.25) is 5.02 Å². The van der Waals surface area contributed by atoms with Crippen LogP contribution in [0.3, 0.4) is 0 Å². The Hall–Kier alpha value is -2.56. The standard InChI is InChI=1S/C17H15ClN4O2S/c1-3-6-22-16(24)12-7-11(18)4-5-14(12)21-17(22)25-9-15(23)13(8-19)10(2)20/h3-5,7H,1,6,9,20H2,2H3. The summed E-state index contributed by atoms with van der Waals surface area (Å²) < 4.78 is 1.41. The molecule has 0 radical (unpaired) electrons. The van der Waals surface area contributed by atoms with E-state index in [1.54, 1.807) is 30.3 Å². The number of rotatable bonds is 6. The molecule has 0 fully saturated rings. The lowest BCUT2D eigenvalue weighted by molar-refractivity contribution is -0.112. The van der Waals surface area contributed by atoms with Crippen LogP contribution in [0.15, 0.2) is 52.1 Å². The first-order chi connectivity index (χ1) is 11.9. The van der Waals surface area contributed by atoms with Crippen LogP contribution in [0.5, 0.6) is 0 Å². The van der Waals surface area contributed by atoms with Crippen LogP contribution in [0.25, 0.3) is 10.9 Å². The van der Waals surface area contributed by atoms with Gasteiger partial charge in [0.1, 0.15) is 11.6 Å². The second kappa shape index (κ2) is 8.01. The molecule has 1 heterocycles. The Balaban J connectivity index is 2.45. The average Bonchev–Trinajstić information content (AvgIpc) is 2.57. The molecule has 0 saturated carbocycles. The lowest BCUT2D eigenvalue weighted by Crippen LogP contribution is -2.23. The van der Waals surface area contributed by atoms with Gasteiger partial charge in [-0.05, 0) is 25.1 Å². The fraction of sp³-hybridized carbons (Fsp3) is 0.176. The molecule has 0 spiro atoms. The second-order valence-electron chi connectivity index (χ2n) is 5.14. The number of ketones is 1. The molecule has 2 N–H and O–H groups in total. The maximum absolute atomic E-state index is 12.7. The Bertz CT molecular complexity index is 985. The van der Waals surface area contributed by atoms with E-state index in [0.29, 0.717) is 21.1 Å². The van der Waals surface area contributed by atoms with E-state index in [1.807, 2.05) is 0 Å². The van der Waals surface area contributed by atoms with E-state index in [0.717, 1.165) is 11.8 Å². The van der Waals surface area contributed by atoms with Crippen LogP contribution >= 0.6 is 23.4 Å². The topological polar surface area (TPSA) is 102 Å². The number of hydrogen-bond acceptors (Lipinski definition) is 6. The Morgan fingerprint density at radius 3 is 2.88 bits per heavy atom. The summed E-state index contributed by atoms with van der Waals surface area (Å²) in [5.41, 5.74) is 5.83. The first-order valence-corrected chi connectivity index (χ1v) is 8.58. The van der Waals surface area contributed by atoms with Gasteiger partial charge in [0, 0.05) is 17.3 Å². The van der Waals surface area contributed by atoms with Crippen molar-refractivity contribution < 1.29 is 4.79 Å². The molecule has 0 bridgehead atoms. The zero-order valence-corrected chi connectivity index (χ0v) is 15.0. The Kier molecular flexibility index (Phi) is 6.02. The van der Waals surface area contributed by atoms with Gasteiger partial charge in [-0.25, -0.2) is 4.98 Å². The van der Waals surface area contributed by atoms with Crippen LogP contribution in [-0.4, -0.2) is 21.1 Å². The van der Waals surface area contributed by atoms with Gasteiger partial charge in [-0.15, -0.1) is 6.58 Å². The summed E-state index contributed by atoms with van der Waals surface area (Å²) in [4.78, 5) is 29.2. The molecule has 1 aromatic carbocycles. The van der Waals surface area contributed by atoms with Crippen molar-refractivity contribution in [1.82, 2.24) is 9.55 Å². The summed E-state index contributed by atoms with van der Waals surface area (Å²) in [6.07, 6.45) is 1.57. The molecule has 2 aromatic rings. The minimum Gasteiger partial charge on any atom is -0.401 e. The van der Waals surface area contributed by atoms with E-state index in [1.165, 1.54) is 11.5 Å². The monoisotopic (exact) mass is 374 g/mol. The van der Waals surface area contributed by atoms with E-state index in [2.05, 4.69) is 11.6 Å². The fourth-order valence-corrected chi connectivity index (χ4v) is 3.20. The van der Waals surface area contributed by atoms with Crippen molar-refractivity contribution in [1.29, 1.82) is 5.26 Å².